The summed E-state index contributed by atoms with van der Waals surface area (Å²) >= 11 is 0. The highest BCUT2D eigenvalue weighted by Gasteiger charge is 2.27. The highest BCUT2D eigenvalue weighted by molar-refractivity contribution is 5.96. The molecular formula is C20H24N2. The minimum atomic E-state index is 0.568. The normalized spacial score (nSPS) is 16.1. The van der Waals surface area contributed by atoms with Crippen molar-refractivity contribution in [2.24, 2.45) is 11.8 Å². The van der Waals surface area contributed by atoms with Crippen molar-refractivity contribution >= 4 is 22.9 Å². The first kappa shape index (κ1) is 16.2. The van der Waals surface area contributed by atoms with Crippen molar-refractivity contribution in [3.63, 3.8) is 0 Å². The van der Waals surface area contributed by atoms with Gasteiger partial charge < -0.3 is 0 Å². The molecular weight excluding hydrogens is 268 g/mol. The van der Waals surface area contributed by atoms with Gasteiger partial charge in [-0.1, -0.05) is 75.7 Å². The average molecular weight is 292 g/mol. The lowest BCUT2D eigenvalue weighted by Crippen LogP contribution is -2.17. The molecule has 0 spiro atoms. The maximum atomic E-state index is 5.62. The molecule has 2 aromatic carbocycles. The molecule has 0 saturated heterocycles. The largest absolute Gasteiger partial charge is 0.242 e. The van der Waals surface area contributed by atoms with Gasteiger partial charge in [0.05, 0.1) is 6.01 Å². The zero-order valence-electron chi connectivity index (χ0n) is 13.8. The molecule has 3 rings (SSSR count). The number of hydrogen-bond acceptors (Lipinski definition) is 2. The molecule has 1 atom stereocenters. The number of rotatable bonds is 2. The Bertz CT molecular complexity index is 727. The van der Waals surface area contributed by atoms with Gasteiger partial charge in [-0.15, -0.1) is 0 Å². The van der Waals surface area contributed by atoms with Crippen LogP contribution in [0.5, 0.6) is 0 Å². The van der Waals surface area contributed by atoms with E-state index >= 15 is 0 Å². The summed E-state index contributed by atoms with van der Waals surface area (Å²) in [5.41, 5.74) is 4.50. The molecule has 22 heavy (non-hydrogen) atoms. The molecule has 0 bridgehead atoms. The molecule has 0 heterocycles. The van der Waals surface area contributed by atoms with Crippen LogP contribution in [0.3, 0.4) is 0 Å². The van der Waals surface area contributed by atoms with Crippen molar-refractivity contribution in [2.75, 3.05) is 0 Å². The fraction of sp³-hybridized carbons (Fsp3) is 0.350. The average Bonchev–Trinajstić information content (AvgIpc) is 2.47. The number of allylic oxidation sites excluding steroid dienone is 1. The first-order valence-electron chi connectivity index (χ1n) is 7.82. The van der Waals surface area contributed by atoms with Crippen LogP contribution in [-0.4, -0.2) is 6.01 Å². The van der Waals surface area contributed by atoms with E-state index in [0.717, 1.165) is 0 Å². The van der Waals surface area contributed by atoms with E-state index < -0.39 is 0 Å². The second-order valence-corrected chi connectivity index (χ2v) is 6.44. The SMILES string of the molecule is CC(C)C1=Cc2cccc3cccc(c23)C1C(C)C.N=C=N. The van der Waals surface area contributed by atoms with Gasteiger partial charge >= 0.3 is 0 Å². The van der Waals surface area contributed by atoms with Crippen LogP contribution in [-0.2, 0) is 0 Å². The van der Waals surface area contributed by atoms with Crippen LogP contribution in [0.25, 0.3) is 16.8 Å². The number of hydrogen-bond donors (Lipinski definition) is 2. The molecule has 0 aromatic heterocycles. The predicted octanol–water partition coefficient (Wildman–Crippen LogP) is 5.95. The van der Waals surface area contributed by atoms with Crippen molar-refractivity contribution in [3.05, 3.63) is 53.1 Å². The number of nitrogens with one attached hydrogen (secondary N) is 2. The van der Waals surface area contributed by atoms with Crippen LogP contribution in [0.15, 0.2) is 42.0 Å². The lowest BCUT2D eigenvalue weighted by atomic mass is 9.72. The van der Waals surface area contributed by atoms with Crippen LogP contribution in [0.1, 0.15) is 44.7 Å². The Morgan fingerprint density at radius 2 is 1.55 bits per heavy atom. The van der Waals surface area contributed by atoms with E-state index in [1.165, 1.54) is 27.9 Å². The van der Waals surface area contributed by atoms with Gasteiger partial charge in [0.2, 0.25) is 0 Å². The molecule has 0 aliphatic heterocycles. The summed E-state index contributed by atoms with van der Waals surface area (Å²) in [5, 5.41) is 14.1. The lowest BCUT2D eigenvalue weighted by Gasteiger charge is -2.32. The highest BCUT2D eigenvalue weighted by Crippen LogP contribution is 2.44. The molecule has 2 nitrogen and oxygen atoms in total. The van der Waals surface area contributed by atoms with E-state index in [1.54, 1.807) is 5.57 Å². The van der Waals surface area contributed by atoms with Gasteiger partial charge in [0.25, 0.3) is 0 Å². The Balaban J connectivity index is 0.000000545. The summed E-state index contributed by atoms with van der Waals surface area (Å²) < 4.78 is 0. The highest BCUT2D eigenvalue weighted by atomic mass is 14.4. The minimum Gasteiger partial charge on any atom is -0.242 e. The van der Waals surface area contributed by atoms with Crippen LogP contribution in [0, 0.1) is 22.7 Å². The Labute approximate surface area is 132 Å². The Kier molecular flexibility index (Phi) is 4.95. The fourth-order valence-corrected chi connectivity index (χ4v) is 3.50. The molecule has 1 unspecified atom stereocenters. The smallest absolute Gasteiger partial charge is 0.0831 e. The topological polar surface area (TPSA) is 47.7 Å². The molecule has 2 heteroatoms. The first-order chi connectivity index (χ1) is 10.5. The van der Waals surface area contributed by atoms with E-state index in [4.69, 9.17) is 10.8 Å². The summed E-state index contributed by atoms with van der Waals surface area (Å²) in [6.07, 6.45) is 2.44. The van der Waals surface area contributed by atoms with E-state index in [0.29, 0.717) is 17.8 Å². The van der Waals surface area contributed by atoms with Crippen molar-refractivity contribution in [2.45, 2.75) is 33.6 Å². The number of benzene rings is 2. The molecule has 2 aromatic rings. The standard InChI is InChI=1S/C19H22.CH2N2/c1-12(2)17-11-15-9-5-7-14-8-6-10-16(19(14)15)18(17)13(3)4;2-1-3/h5-13,18H,1-4H3;2-3H. The van der Waals surface area contributed by atoms with Crippen molar-refractivity contribution in [1.29, 1.82) is 10.8 Å². The molecule has 1 aliphatic rings. The fourth-order valence-electron chi connectivity index (χ4n) is 3.50. The first-order valence-corrected chi connectivity index (χ1v) is 7.82. The van der Waals surface area contributed by atoms with E-state index in [1.807, 2.05) is 0 Å². The summed E-state index contributed by atoms with van der Waals surface area (Å²) in [7, 11) is 0. The van der Waals surface area contributed by atoms with Gasteiger partial charge in [0.1, 0.15) is 0 Å². The van der Waals surface area contributed by atoms with E-state index in [-0.39, 0.29) is 0 Å². The zero-order chi connectivity index (χ0) is 16.3. The van der Waals surface area contributed by atoms with Crippen molar-refractivity contribution < 1.29 is 0 Å². The summed E-state index contributed by atoms with van der Waals surface area (Å²) in [6, 6.07) is 14.7. The third-order valence-corrected chi connectivity index (χ3v) is 4.32. The lowest BCUT2D eigenvalue weighted by molar-refractivity contribution is 0.516. The van der Waals surface area contributed by atoms with Crippen LogP contribution < -0.4 is 0 Å². The Hall–Kier alpha value is -2.18. The summed E-state index contributed by atoms with van der Waals surface area (Å²) in [5.74, 6) is 1.82. The molecule has 0 saturated carbocycles. The molecule has 114 valence electrons. The second-order valence-electron chi connectivity index (χ2n) is 6.44. The maximum Gasteiger partial charge on any atom is 0.0831 e. The molecule has 0 amide bonds. The predicted molar refractivity (Wildman–Crippen MR) is 94.8 cm³/mol. The molecule has 0 fully saturated rings. The Morgan fingerprint density at radius 1 is 0.955 bits per heavy atom. The molecule has 2 N–H and O–H groups in total. The van der Waals surface area contributed by atoms with Gasteiger partial charge in [0.15, 0.2) is 0 Å². The quantitative estimate of drug-likeness (QED) is 0.642. The third kappa shape index (κ3) is 2.88. The van der Waals surface area contributed by atoms with Crippen LogP contribution in [0.4, 0.5) is 0 Å². The zero-order valence-corrected chi connectivity index (χ0v) is 13.8. The summed E-state index contributed by atoms with van der Waals surface area (Å²) in [6.45, 7) is 9.31. The van der Waals surface area contributed by atoms with E-state index in [9.17, 15) is 0 Å². The van der Waals surface area contributed by atoms with Gasteiger partial charge in [-0.25, -0.2) is 10.8 Å². The van der Waals surface area contributed by atoms with Crippen molar-refractivity contribution in [3.8, 4) is 0 Å². The van der Waals surface area contributed by atoms with Crippen molar-refractivity contribution in [1.82, 2.24) is 0 Å². The Morgan fingerprint density at radius 3 is 2.09 bits per heavy atom. The minimum absolute atomic E-state index is 0.568. The molecule has 1 aliphatic carbocycles. The second kappa shape index (κ2) is 6.72. The van der Waals surface area contributed by atoms with Gasteiger partial charge in [-0.3, -0.25) is 0 Å². The third-order valence-electron chi connectivity index (χ3n) is 4.32. The van der Waals surface area contributed by atoms with Crippen LogP contribution >= 0.6 is 0 Å². The van der Waals surface area contributed by atoms with Gasteiger partial charge in [-0.05, 0) is 33.7 Å². The summed E-state index contributed by atoms with van der Waals surface area (Å²) in [4.78, 5) is 0. The van der Waals surface area contributed by atoms with Gasteiger partial charge in [-0.2, -0.15) is 0 Å². The molecule has 0 radical (unpaired) electrons. The van der Waals surface area contributed by atoms with Gasteiger partial charge in [0, 0.05) is 5.92 Å². The maximum absolute atomic E-state index is 5.62. The van der Waals surface area contributed by atoms with Crippen LogP contribution in [0.2, 0.25) is 0 Å². The monoisotopic (exact) mass is 292 g/mol. The van der Waals surface area contributed by atoms with E-state index in [2.05, 4.69) is 70.2 Å².